The van der Waals surface area contributed by atoms with Gasteiger partial charge in [-0.1, -0.05) is 24.3 Å². The first kappa shape index (κ1) is 11.0. The molecule has 0 spiro atoms. The number of hydrogen-bond donors (Lipinski definition) is 1. The van der Waals surface area contributed by atoms with Gasteiger partial charge in [-0.05, 0) is 11.1 Å². The minimum absolute atomic E-state index is 0.115. The van der Waals surface area contributed by atoms with Gasteiger partial charge in [-0.25, -0.2) is 4.79 Å². The highest BCUT2D eigenvalue weighted by Gasteiger charge is 2.25. The van der Waals surface area contributed by atoms with Crippen molar-refractivity contribution in [1.29, 1.82) is 0 Å². The van der Waals surface area contributed by atoms with Crippen LogP contribution in [0, 0.1) is 0 Å². The maximum absolute atomic E-state index is 11.4. The molecule has 0 aliphatic carbocycles. The molecule has 0 radical (unpaired) electrons. The normalized spacial score (nSPS) is 20.8. The molecule has 1 aromatic rings. The number of nitrogens with zero attached hydrogens (tertiary/aromatic N) is 1. The molecule has 1 amide bonds. The van der Waals surface area contributed by atoms with Crippen molar-refractivity contribution in [2.24, 2.45) is 5.73 Å². The van der Waals surface area contributed by atoms with Crippen molar-refractivity contribution in [3.05, 3.63) is 35.4 Å². The van der Waals surface area contributed by atoms with Crippen LogP contribution < -0.4 is 5.73 Å². The Bertz CT molecular complexity index is 375. The first-order chi connectivity index (χ1) is 7.70. The number of benzene rings is 1. The van der Waals surface area contributed by atoms with Gasteiger partial charge in [0.05, 0.1) is 0 Å². The summed E-state index contributed by atoms with van der Waals surface area (Å²) in [5.74, 6) is 0. The maximum atomic E-state index is 11.4. The molecule has 2 rings (SSSR count). The van der Waals surface area contributed by atoms with Crippen molar-refractivity contribution < 1.29 is 9.53 Å². The third-order valence-electron chi connectivity index (χ3n) is 2.87. The van der Waals surface area contributed by atoms with Gasteiger partial charge in [-0.15, -0.1) is 0 Å². The van der Waals surface area contributed by atoms with Gasteiger partial charge in [-0.3, -0.25) is 0 Å². The predicted octanol–water partition coefficient (Wildman–Crippen LogP) is 1.66. The molecule has 1 saturated heterocycles. The first-order valence-electron chi connectivity index (χ1n) is 5.41. The van der Waals surface area contributed by atoms with E-state index in [1.54, 1.807) is 11.9 Å². The summed E-state index contributed by atoms with van der Waals surface area (Å²) in [6.07, 6.45) is 0.471. The summed E-state index contributed by atoms with van der Waals surface area (Å²) in [7, 11) is 1.75. The monoisotopic (exact) mass is 220 g/mol. The summed E-state index contributed by atoms with van der Waals surface area (Å²) in [6, 6.07) is 7.90. The van der Waals surface area contributed by atoms with Crippen LogP contribution >= 0.6 is 0 Å². The molecule has 1 unspecified atom stereocenters. The lowest BCUT2D eigenvalue weighted by atomic mass is 10.0. The maximum Gasteiger partial charge on any atom is 0.410 e. The van der Waals surface area contributed by atoms with Gasteiger partial charge in [0.1, 0.15) is 6.10 Å². The fraction of sp³-hybridized carbons (Fsp3) is 0.417. The van der Waals surface area contributed by atoms with Crippen molar-refractivity contribution in [3.63, 3.8) is 0 Å². The van der Waals surface area contributed by atoms with Crippen molar-refractivity contribution in [1.82, 2.24) is 4.90 Å². The number of hydrogen-bond acceptors (Lipinski definition) is 3. The number of nitrogens with two attached hydrogens (primary N) is 1. The average molecular weight is 220 g/mol. The molecule has 2 N–H and O–H groups in total. The highest BCUT2D eigenvalue weighted by Crippen LogP contribution is 2.26. The molecule has 16 heavy (non-hydrogen) atoms. The zero-order chi connectivity index (χ0) is 11.5. The Morgan fingerprint density at radius 1 is 1.44 bits per heavy atom. The van der Waals surface area contributed by atoms with E-state index in [0.29, 0.717) is 6.54 Å². The zero-order valence-corrected chi connectivity index (χ0v) is 9.35. The number of rotatable bonds is 2. The van der Waals surface area contributed by atoms with E-state index in [0.717, 1.165) is 24.1 Å². The van der Waals surface area contributed by atoms with Gasteiger partial charge in [0.2, 0.25) is 0 Å². The van der Waals surface area contributed by atoms with Crippen LogP contribution in [0.4, 0.5) is 4.79 Å². The average Bonchev–Trinajstić information content (AvgIpc) is 2.33. The molecule has 1 aliphatic heterocycles. The second kappa shape index (κ2) is 4.53. The molecule has 0 aromatic heterocycles. The van der Waals surface area contributed by atoms with Gasteiger partial charge < -0.3 is 15.4 Å². The SMILES string of the molecule is CN1CCC(c2ccc(CN)cc2)OC1=O. The third-order valence-corrected chi connectivity index (χ3v) is 2.87. The third kappa shape index (κ3) is 2.17. The van der Waals surface area contributed by atoms with Gasteiger partial charge >= 0.3 is 6.09 Å². The summed E-state index contributed by atoms with van der Waals surface area (Å²) in [4.78, 5) is 13.0. The lowest BCUT2D eigenvalue weighted by molar-refractivity contribution is 0.0324. The Labute approximate surface area is 95.0 Å². The van der Waals surface area contributed by atoms with E-state index in [4.69, 9.17) is 10.5 Å². The molecule has 0 saturated carbocycles. The number of carbonyl (C=O) groups is 1. The highest BCUT2D eigenvalue weighted by molar-refractivity contribution is 5.68. The highest BCUT2D eigenvalue weighted by atomic mass is 16.6. The summed E-state index contributed by atoms with van der Waals surface area (Å²) in [5.41, 5.74) is 7.65. The standard InChI is InChI=1S/C12H16N2O2/c1-14-7-6-11(16-12(14)15)10-4-2-9(8-13)3-5-10/h2-5,11H,6-8,13H2,1H3. The topological polar surface area (TPSA) is 55.6 Å². The molecular formula is C12H16N2O2. The lowest BCUT2D eigenvalue weighted by Crippen LogP contribution is -2.35. The van der Waals surface area contributed by atoms with Crippen LogP contribution in [-0.2, 0) is 11.3 Å². The molecule has 1 heterocycles. The number of carbonyl (C=O) groups excluding carboxylic acids is 1. The largest absolute Gasteiger partial charge is 0.441 e. The Morgan fingerprint density at radius 2 is 2.12 bits per heavy atom. The van der Waals surface area contributed by atoms with Gasteiger partial charge in [0.25, 0.3) is 0 Å². The second-order valence-electron chi connectivity index (χ2n) is 4.03. The summed E-state index contributed by atoms with van der Waals surface area (Å²) in [5, 5.41) is 0. The van der Waals surface area contributed by atoms with E-state index < -0.39 is 0 Å². The van der Waals surface area contributed by atoms with E-state index in [2.05, 4.69) is 0 Å². The van der Waals surface area contributed by atoms with Crippen LogP contribution in [0.15, 0.2) is 24.3 Å². The van der Waals surface area contributed by atoms with Crippen molar-refractivity contribution in [2.75, 3.05) is 13.6 Å². The van der Waals surface area contributed by atoms with Crippen LogP contribution in [0.25, 0.3) is 0 Å². The quantitative estimate of drug-likeness (QED) is 0.824. The number of cyclic esters (lactones) is 1. The molecule has 86 valence electrons. The Balaban J connectivity index is 2.09. The van der Waals surface area contributed by atoms with Gasteiger partial charge in [0.15, 0.2) is 0 Å². The minimum Gasteiger partial charge on any atom is -0.441 e. The Morgan fingerprint density at radius 3 is 2.69 bits per heavy atom. The van der Waals surface area contributed by atoms with Crippen LogP contribution in [0.2, 0.25) is 0 Å². The van der Waals surface area contributed by atoms with Crippen LogP contribution in [0.5, 0.6) is 0 Å². The molecule has 1 aliphatic rings. The van der Waals surface area contributed by atoms with E-state index in [9.17, 15) is 4.79 Å². The summed E-state index contributed by atoms with van der Waals surface area (Å²) >= 11 is 0. The molecule has 0 bridgehead atoms. The molecular weight excluding hydrogens is 204 g/mol. The van der Waals surface area contributed by atoms with Crippen molar-refractivity contribution in [3.8, 4) is 0 Å². The van der Waals surface area contributed by atoms with Crippen LogP contribution in [-0.4, -0.2) is 24.6 Å². The molecule has 1 aromatic carbocycles. The Hall–Kier alpha value is -1.55. The number of ether oxygens (including phenoxy) is 1. The van der Waals surface area contributed by atoms with Crippen LogP contribution in [0.1, 0.15) is 23.7 Å². The lowest BCUT2D eigenvalue weighted by Gasteiger charge is -2.29. The van der Waals surface area contributed by atoms with Gasteiger partial charge in [0, 0.05) is 26.6 Å². The second-order valence-corrected chi connectivity index (χ2v) is 4.03. The summed E-state index contributed by atoms with van der Waals surface area (Å²) < 4.78 is 5.31. The number of amides is 1. The van der Waals surface area contributed by atoms with E-state index in [-0.39, 0.29) is 12.2 Å². The van der Waals surface area contributed by atoms with E-state index in [1.807, 2.05) is 24.3 Å². The minimum atomic E-state index is -0.251. The first-order valence-corrected chi connectivity index (χ1v) is 5.41. The fourth-order valence-electron chi connectivity index (χ4n) is 1.78. The predicted molar refractivity (Wildman–Crippen MR) is 60.8 cm³/mol. The van der Waals surface area contributed by atoms with Crippen LogP contribution in [0.3, 0.4) is 0 Å². The summed E-state index contributed by atoms with van der Waals surface area (Å²) in [6.45, 7) is 1.27. The molecule has 4 nitrogen and oxygen atoms in total. The van der Waals surface area contributed by atoms with Gasteiger partial charge in [-0.2, -0.15) is 0 Å². The van der Waals surface area contributed by atoms with E-state index >= 15 is 0 Å². The van der Waals surface area contributed by atoms with E-state index in [1.165, 1.54) is 0 Å². The molecule has 1 fully saturated rings. The smallest absolute Gasteiger partial charge is 0.410 e. The molecule has 1 atom stereocenters. The Kier molecular flexibility index (Phi) is 3.10. The van der Waals surface area contributed by atoms with Crippen molar-refractivity contribution in [2.45, 2.75) is 19.1 Å². The zero-order valence-electron chi connectivity index (χ0n) is 9.35. The fourth-order valence-corrected chi connectivity index (χ4v) is 1.78. The molecule has 4 heteroatoms. The van der Waals surface area contributed by atoms with Crippen molar-refractivity contribution >= 4 is 6.09 Å².